The molecule has 1 aliphatic heterocycles. The number of nitrogens with zero attached hydrogens (tertiary/aromatic N) is 2. The Kier molecular flexibility index (Phi) is 4.70. The number of amides is 2. The third kappa shape index (κ3) is 3.07. The molecule has 0 spiro atoms. The average Bonchev–Trinajstić information content (AvgIpc) is 2.63. The largest absolute Gasteiger partial charge is 0.347 e. The number of rotatable bonds is 3. The number of allylic oxidation sites excluding steroid dienone is 1. The Hall–Kier alpha value is -2.88. The number of benzene rings is 2. The zero-order valence-electron chi connectivity index (χ0n) is 14.8. The number of carbonyl (C=O) groups excluding carboxylic acids is 2. The molecule has 0 N–H and O–H groups in total. The number of hydrogen-bond acceptors (Lipinski definition) is 2. The van der Waals surface area contributed by atoms with Crippen LogP contribution < -0.4 is 4.90 Å². The van der Waals surface area contributed by atoms with Crippen LogP contribution >= 0.6 is 0 Å². The summed E-state index contributed by atoms with van der Waals surface area (Å²) in [4.78, 5) is 28.5. The Balaban J connectivity index is 2.14. The molecule has 3 rings (SSSR count). The highest BCUT2D eigenvalue weighted by Gasteiger charge is 2.36. The Morgan fingerprint density at radius 2 is 1.72 bits per heavy atom. The van der Waals surface area contributed by atoms with E-state index in [9.17, 15) is 9.59 Å². The molecular formula is C21H22N2O2. The molecule has 0 saturated carbocycles. The topological polar surface area (TPSA) is 40.6 Å². The zero-order valence-corrected chi connectivity index (χ0v) is 14.8. The number of anilines is 1. The molecule has 0 saturated heterocycles. The standard InChI is InChI=1S/C21H22N2O2/c1-4-16-20(15-10-6-5-7-11-15)17-12-8-9-13-18(17)23(21(16)25)14-19(24)22(2)3/h4-13,20H,14H2,1-3H3/b16-4+. The van der Waals surface area contributed by atoms with Gasteiger partial charge in [0.25, 0.3) is 5.91 Å². The van der Waals surface area contributed by atoms with Gasteiger partial charge in [-0.2, -0.15) is 0 Å². The van der Waals surface area contributed by atoms with E-state index in [4.69, 9.17) is 0 Å². The third-order valence-electron chi connectivity index (χ3n) is 4.58. The minimum Gasteiger partial charge on any atom is -0.347 e. The lowest BCUT2D eigenvalue weighted by Gasteiger charge is -2.36. The first-order valence-corrected chi connectivity index (χ1v) is 8.36. The normalized spacial score (nSPS) is 18.2. The van der Waals surface area contributed by atoms with Gasteiger partial charge in [0.2, 0.25) is 5.91 Å². The van der Waals surface area contributed by atoms with Crippen LogP contribution in [0.1, 0.15) is 24.0 Å². The lowest BCUT2D eigenvalue weighted by atomic mass is 9.80. The average molecular weight is 334 g/mol. The maximum atomic E-state index is 13.1. The van der Waals surface area contributed by atoms with Crippen molar-refractivity contribution in [2.75, 3.05) is 25.5 Å². The number of para-hydroxylation sites is 1. The molecule has 0 aliphatic carbocycles. The van der Waals surface area contributed by atoms with E-state index in [1.807, 2.05) is 67.6 Å². The summed E-state index contributed by atoms with van der Waals surface area (Å²) in [6, 6.07) is 17.9. The SMILES string of the molecule is C/C=C1/C(=O)N(CC(=O)N(C)C)c2ccccc2C1c1ccccc1. The maximum Gasteiger partial charge on any atom is 0.255 e. The van der Waals surface area contributed by atoms with Gasteiger partial charge in [-0.25, -0.2) is 0 Å². The first-order chi connectivity index (χ1) is 12.0. The van der Waals surface area contributed by atoms with Crippen molar-refractivity contribution in [3.05, 3.63) is 77.4 Å². The predicted octanol–water partition coefficient (Wildman–Crippen LogP) is 3.20. The van der Waals surface area contributed by atoms with Crippen LogP contribution in [0.2, 0.25) is 0 Å². The summed E-state index contributed by atoms with van der Waals surface area (Å²) in [5.74, 6) is -0.317. The summed E-state index contributed by atoms with van der Waals surface area (Å²) in [7, 11) is 3.40. The fourth-order valence-corrected chi connectivity index (χ4v) is 3.26. The van der Waals surface area contributed by atoms with Crippen LogP contribution in [-0.4, -0.2) is 37.4 Å². The molecule has 0 radical (unpaired) electrons. The molecule has 0 bridgehead atoms. The summed E-state index contributed by atoms with van der Waals surface area (Å²) >= 11 is 0. The second-order valence-corrected chi connectivity index (χ2v) is 6.33. The molecule has 4 nitrogen and oxygen atoms in total. The van der Waals surface area contributed by atoms with Gasteiger partial charge < -0.3 is 4.90 Å². The molecule has 1 aliphatic rings. The fourth-order valence-electron chi connectivity index (χ4n) is 3.26. The molecule has 0 fully saturated rings. The van der Waals surface area contributed by atoms with Crippen molar-refractivity contribution in [2.24, 2.45) is 0 Å². The van der Waals surface area contributed by atoms with E-state index in [0.29, 0.717) is 5.57 Å². The van der Waals surface area contributed by atoms with Gasteiger partial charge >= 0.3 is 0 Å². The van der Waals surface area contributed by atoms with Crippen molar-refractivity contribution >= 4 is 17.5 Å². The number of likely N-dealkylation sites (N-methyl/N-ethyl adjacent to an activating group) is 1. The Bertz CT molecular complexity index is 825. The van der Waals surface area contributed by atoms with Crippen molar-refractivity contribution in [1.82, 2.24) is 4.90 Å². The summed E-state index contributed by atoms with van der Waals surface area (Å²) in [6.07, 6.45) is 1.86. The molecule has 25 heavy (non-hydrogen) atoms. The van der Waals surface area contributed by atoms with Gasteiger partial charge in [-0.05, 0) is 24.1 Å². The van der Waals surface area contributed by atoms with Crippen LogP contribution in [0.4, 0.5) is 5.69 Å². The Morgan fingerprint density at radius 3 is 2.36 bits per heavy atom. The molecule has 2 aromatic carbocycles. The molecule has 4 heteroatoms. The monoisotopic (exact) mass is 334 g/mol. The number of hydrogen-bond donors (Lipinski definition) is 0. The van der Waals surface area contributed by atoms with Crippen LogP contribution in [0.5, 0.6) is 0 Å². The number of fused-ring (bicyclic) bond motifs is 1. The molecule has 1 unspecified atom stereocenters. The van der Waals surface area contributed by atoms with Crippen LogP contribution in [0.3, 0.4) is 0 Å². The van der Waals surface area contributed by atoms with Gasteiger partial charge in [0, 0.05) is 31.3 Å². The van der Waals surface area contributed by atoms with Crippen molar-refractivity contribution in [2.45, 2.75) is 12.8 Å². The van der Waals surface area contributed by atoms with E-state index in [1.165, 1.54) is 4.90 Å². The molecule has 128 valence electrons. The van der Waals surface area contributed by atoms with Crippen LogP contribution in [0.25, 0.3) is 0 Å². The molecule has 2 amide bonds. The van der Waals surface area contributed by atoms with Gasteiger partial charge in [-0.1, -0.05) is 54.6 Å². The summed E-state index contributed by atoms with van der Waals surface area (Å²) in [6.45, 7) is 1.92. The van der Waals surface area contributed by atoms with Crippen LogP contribution in [0.15, 0.2) is 66.2 Å². The fraction of sp³-hybridized carbons (Fsp3) is 0.238. The third-order valence-corrected chi connectivity index (χ3v) is 4.58. The molecule has 1 heterocycles. The van der Waals surface area contributed by atoms with Gasteiger partial charge in [-0.15, -0.1) is 0 Å². The van der Waals surface area contributed by atoms with Crippen molar-refractivity contribution in [1.29, 1.82) is 0 Å². The van der Waals surface area contributed by atoms with E-state index >= 15 is 0 Å². The second-order valence-electron chi connectivity index (χ2n) is 6.33. The van der Waals surface area contributed by atoms with Crippen molar-refractivity contribution in [3.8, 4) is 0 Å². The van der Waals surface area contributed by atoms with Crippen LogP contribution in [0, 0.1) is 0 Å². The molecular weight excluding hydrogens is 312 g/mol. The van der Waals surface area contributed by atoms with E-state index in [0.717, 1.165) is 16.8 Å². The van der Waals surface area contributed by atoms with Crippen molar-refractivity contribution in [3.63, 3.8) is 0 Å². The lowest BCUT2D eigenvalue weighted by molar-refractivity contribution is -0.128. The molecule has 0 aromatic heterocycles. The van der Waals surface area contributed by atoms with E-state index in [1.54, 1.807) is 19.0 Å². The Morgan fingerprint density at radius 1 is 1.08 bits per heavy atom. The highest BCUT2D eigenvalue weighted by Crippen LogP contribution is 2.42. The molecule has 1 atom stereocenters. The maximum absolute atomic E-state index is 13.1. The summed E-state index contributed by atoms with van der Waals surface area (Å²) in [5.41, 5.74) is 3.64. The molecule has 2 aromatic rings. The highest BCUT2D eigenvalue weighted by atomic mass is 16.2. The van der Waals surface area contributed by atoms with Gasteiger partial charge in [0.15, 0.2) is 0 Å². The first kappa shape index (κ1) is 17.0. The lowest BCUT2D eigenvalue weighted by Crippen LogP contribution is -2.44. The van der Waals surface area contributed by atoms with E-state index < -0.39 is 0 Å². The Labute approximate surface area is 148 Å². The highest BCUT2D eigenvalue weighted by molar-refractivity contribution is 6.12. The quantitative estimate of drug-likeness (QED) is 0.809. The smallest absolute Gasteiger partial charge is 0.255 e. The van der Waals surface area contributed by atoms with Gasteiger partial charge in [-0.3, -0.25) is 14.5 Å². The van der Waals surface area contributed by atoms with Crippen LogP contribution in [-0.2, 0) is 9.59 Å². The second kappa shape index (κ2) is 6.93. The predicted molar refractivity (Wildman–Crippen MR) is 99.5 cm³/mol. The van der Waals surface area contributed by atoms with Crippen molar-refractivity contribution < 1.29 is 9.59 Å². The number of carbonyl (C=O) groups is 2. The van der Waals surface area contributed by atoms with Gasteiger partial charge in [0.05, 0.1) is 0 Å². The minimum absolute atomic E-state index is 0.0433. The van der Waals surface area contributed by atoms with E-state index in [-0.39, 0.29) is 24.3 Å². The van der Waals surface area contributed by atoms with E-state index in [2.05, 4.69) is 0 Å². The summed E-state index contributed by atoms with van der Waals surface area (Å²) in [5, 5.41) is 0. The minimum atomic E-state index is -0.111. The van der Waals surface area contributed by atoms with Gasteiger partial charge in [0.1, 0.15) is 6.54 Å². The summed E-state index contributed by atoms with van der Waals surface area (Å²) < 4.78 is 0. The zero-order chi connectivity index (χ0) is 18.0. The first-order valence-electron chi connectivity index (χ1n) is 8.36.